The van der Waals surface area contributed by atoms with E-state index < -0.39 is 15.9 Å². The second-order valence-electron chi connectivity index (χ2n) is 5.26. The summed E-state index contributed by atoms with van der Waals surface area (Å²) in [6.45, 7) is 1.48. The zero-order chi connectivity index (χ0) is 17.9. The molecule has 0 radical (unpaired) electrons. The maximum atomic E-state index is 12.2. The van der Waals surface area contributed by atoms with Crippen LogP contribution in [0.1, 0.15) is 5.56 Å². The van der Waals surface area contributed by atoms with Gasteiger partial charge in [-0.1, -0.05) is 33.6 Å². The number of sulfonamides is 1. The van der Waals surface area contributed by atoms with Crippen LogP contribution in [0, 0.1) is 6.92 Å². The number of halogens is 2. The molecule has 1 N–H and O–H groups in total. The Kier molecular flexibility index (Phi) is 5.90. The molecular formula is C16H16BrClN2O3S. The van der Waals surface area contributed by atoms with Gasteiger partial charge in [-0.05, 0) is 48.9 Å². The van der Waals surface area contributed by atoms with Gasteiger partial charge in [0.05, 0.1) is 11.9 Å². The molecule has 0 saturated carbocycles. The Morgan fingerprint density at radius 1 is 1.21 bits per heavy atom. The van der Waals surface area contributed by atoms with Crippen molar-refractivity contribution in [1.82, 2.24) is 0 Å². The highest BCUT2D eigenvalue weighted by Gasteiger charge is 2.21. The Morgan fingerprint density at radius 3 is 2.38 bits per heavy atom. The van der Waals surface area contributed by atoms with Gasteiger partial charge in [0.15, 0.2) is 0 Å². The number of benzene rings is 2. The molecule has 8 heteroatoms. The summed E-state index contributed by atoms with van der Waals surface area (Å²) in [5.74, 6) is -0.445. The molecule has 1 amide bonds. The van der Waals surface area contributed by atoms with Crippen molar-refractivity contribution in [3.63, 3.8) is 0 Å². The third-order valence-electron chi connectivity index (χ3n) is 3.26. The van der Waals surface area contributed by atoms with E-state index >= 15 is 0 Å². The molecule has 5 nitrogen and oxygen atoms in total. The van der Waals surface area contributed by atoms with Crippen molar-refractivity contribution in [3.05, 3.63) is 57.5 Å². The first-order chi connectivity index (χ1) is 11.2. The lowest BCUT2D eigenvalue weighted by molar-refractivity contribution is -0.114. The van der Waals surface area contributed by atoms with Gasteiger partial charge >= 0.3 is 0 Å². The molecule has 0 atom stereocenters. The van der Waals surface area contributed by atoms with Gasteiger partial charge in [-0.3, -0.25) is 9.10 Å². The van der Waals surface area contributed by atoms with E-state index in [1.54, 1.807) is 36.4 Å². The van der Waals surface area contributed by atoms with E-state index in [2.05, 4.69) is 21.2 Å². The average molecular weight is 432 g/mol. The summed E-state index contributed by atoms with van der Waals surface area (Å²) < 4.78 is 26.0. The third kappa shape index (κ3) is 4.96. The molecule has 2 aromatic carbocycles. The number of hydrogen-bond donors (Lipinski definition) is 1. The molecule has 0 aromatic heterocycles. The normalized spacial score (nSPS) is 11.2. The van der Waals surface area contributed by atoms with Crippen LogP contribution in [-0.4, -0.2) is 27.1 Å². The number of nitrogens with one attached hydrogen (secondary N) is 1. The highest BCUT2D eigenvalue weighted by molar-refractivity contribution is 9.10. The fraction of sp³-hybridized carbons (Fsp3) is 0.188. The molecule has 0 bridgehead atoms. The predicted octanol–water partition coefficient (Wildman–Crippen LogP) is 3.82. The fourth-order valence-electron chi connectivity index (χ4n) is 2.00. The summed E-state index contributed by atoms with van der Waals surface area (Å²) in [4.78, 5) is 12.2. The summed E-state index contributed by atoms with van der Waals surface area (Å²) in [5, 5.41) is 3.11. The van der Waals surface area contributed by atoms with Crippen LogP contribution in [0.25, 0.3) is 0 Å². The number of amides is 1. The van der Waals surface area contributed by atoms with Crippen LogP contribution in [0.3, 0.4) is 0 Å². The molecule has 0 unspecified atom stereocenters. The van der Waals surface area contributed by atoms with Crippen molar-refractivity contribution in [2.45, 2.75) is 6.92 Å². The highest BCUT2D eigenvalue weighted by atomic mass is 79.9. The summed E-state index contributed by atoms with van der Waals surface area (Å²) in [7, 11) is -3.64. The van der Waals surface area contributed by atoms with Crippen LogP contribution in [-0.2, 0) is 14.8 Å². The van der Waals surface area contributed by atoms with E-state index in [1.165, 1.54) is 6.07 Å². The van der Waals surface area contributed by atoms with Crippen molar-refractivity contribution >= 4 is 54.8 Å². The molecule has 0 saturated heterocycles. The van der Waals surface area contributed by atoms with Crippen molar-refractivity contribution in [2.75, 3.05) is 22.4 Å². The van der Waals surface area contributed by atoms with Crippen LogP contribution >= 0.6 is 27.5 Å². The number of nitrogens with zero attached hydrogens (tertiary/aromatic N) is 1. The van der Waals surface area contributed by atoms with Crippen LogP contribution in [0.2, 0.25) is 5.02 Å². The smallest absolute Gasteiger partial charge is 0.245 e. The zero-order valence-corrected chi connectivity index (χ0v) is 16.2. The van der Waals surface area contributed by atoms with Gasteiger partial charge in [0.1, 0.15) is 6.54 Å². The van der Waals surface area contributed by atoms with Crippen LogP contribution in [0.15, 0.2) is 46.9 Å². The minimum Gasteiger partial charge on any atom is -0.325 e. The molecule has 0 aliphatic heterocycles. The van der Waals surface area contributed by atoms with Crippen LogP contribution < -0.4 is 9.62 Å². The standard InChI is InChI=1S/C16H16BrClN2O3S/c1-11-3-8-14(9-15(11)18)20(24(2,22)23)10-16(21)19-13-6-4-12(17)5-7-13/h3-9H,10H2,1-2H3,(H,19,21). The fourth-order valence-corrected chi connectivity index (χ4v) is 3.29. The minimum atomic E-state index is -3.64. The predicted molar refractivity (Wildman–Crippen MR) is 101 cm³/mol. The topological polar surface area (TPSA) is 66.5 Å². The first kappa shape index (κ1) is 18.8. The lowest BCUT2D eigenvalue weighted by atomic mass is 10.2. The number of carbonyl (C=O) groups is 1. The molecule has 0 spiro atoms. The van der Waals surface area contributed by atoms with Gasteiger partial charge in [0, 0.05) is 15.2 Å². The molecule has 0 aliphatic carbocycles. The SMILES string of the molecule is Cc1ccc(N(CC(=O)Nc2ccc(Br)cc2)S(C)(=O)=O)cc1Cl. The maximum Gasteiger partial charge on any atom is 0.245 e. The van der Waals surface area contributed by atoms with Gasteiger partial charge in [-0.25, -0.2) is 8.42 Å². The summed E-state index contributed by atoms with van der Waals surface area (Å²) >= 11 is 9.37. The zero-order valence-electron chi connectivity index (χ0n) is 13.1. The van der Waals surface area contributed by atoms with E-state index in [-0.39, 0.29) is 6.54 Å². The van der Waals surface area contributed by atoms with Crippen molar-refractivity contribution in [2.24, 2.45) is 0 Å². The summed E-state index contributed by atoms with van der Waals surface area (Å²) in [6, 6.07) is 11.9. The Morgan fingerprint density at radius 2 is 1.83 bits per heavy atom. The summed E-state index contributed by atoms with van der Waals surface area (Å²) in [6.07, 6.45) is 1.05. The summed E-state index contributed by atoms with van der Waals surface area (Å²) in [5.41, 5.74) is 1.76. The second kappa shape index (κ2) is 7.55. The second-order valence-corrected chi connectivity index (χ2v) is 8.49. The molecule has 0 heterocycles. The van der Waals surface area contributed by atoms with Gasteiger partial charge in [0.2, 0.25) is 15.9 Å². The van der Waals surface area contributed by atoms with Crippen LogP contribution in [0.4, 0.5) is 11.4 Å². The van der Waals surface area contributed by atoms with Gasteiger partial charge in [0.25, 0.3) is 0 Å². The number of anilines is 2. The number of rotatable bonds is 5. The Bertz CT molecular complexity index is 854. The molecular weight excluding hydrogens is 416 g/mol. The molecule has 2 rings (SSSR count). The van der Waals surface area contributed by atoms with E-state index in [1.807, 2.05) is 6.92 Å². The van der Waals surface area contributed by atoms with Crippen molar-refractivity contribution in [1.29, 1.82) is 0 Å². The van der Waals surface area contributed by atoms with Crippen LogP contribution in [0.5, 0.6) is 0 Å². The van der Waals surface area contributed by atoms with E-state index in [4.69, 9.17) is 11.6 Å². The van der Waals surface area contributed by atoms with Crippen molar-refractivity contribution < 1.29 is 13.2 Å². The van der Waals surface area contributed by atoms with Gasteiger partial charge in [-0.15, -0.1) is 0 Å². The Hall–Kier alpha value is -1.57. The number of aryl methyl sites for hydroxylation is 1. The first-order valence-electron chi connectivity index (χ1n) is 6.96. The molecule has 0 fully saturated rings. The Labute approximate surface area is 154 Å². The lowest BCUT2D eigenvalue weighted by Gasteiger charge is -2.22. The van der Waals surface area contributed by atoms with E-state index in [0.717, 1.165) is 20.6 Å². The maximum absolute atomic E-state index is 12.2. The van der Waals surface area contributed by atoms with Crippen molar-refractivity contribution in [3.8, 4) is 0 Å². The third-order valence-corrected chi connectivity index (χ3v) is 5.34. The molecule has 2 aromatic rings. The lowest BCUT2D eigenvalue weighted by Crippen LogP contribution is -2.37. The number of carbonyl (C=O) groups excluding carboxylic acids is 1. The molecule has 0 aliphatic rings. The molecule has 24 heavy (non-hydrogen) atoms. The van der Waals surface area contributed by atoms with Gasteiger partial charge < -0.3 is 5.32 Å². The quantitative estimate of drug-likeness (QED) is 0.783. The van der Waals surface area contributed by atoms with E-state index in [0.29, 0.717) is 16.4 Å². The average Bonchev–Trinajstić information content (AvgIpc) is 2.49. The Balaban J connectivity index is 2.21. The van der Waals surface area contributed by atoms with Gasteiger partial charge in [-0.2, -0.15) is 0 Å². The molecule has 128 valence electrons. The highest BCUT2D eigenvalue weighted by Crippen LogP contribution is 2.25. The number of hydrogen-bond acceptors (Lipinski definition) is 3. The monoisotopic (exact) mass is 430 g/mol. The minimum absolute atomic E-state index is 0.339. The van der Waals surface area contributed by atoms with E-state index in [9.17, 15) is 13.2 Å². The first-order valence-corrected chi connectivity index (χ1v) is 9.98. The largest absolute Gasteiger partial charge is 0.325 e.